The van der Waals surface area contributed by atoms with Crippen LogP contribution >= 0.6 is 0 Å². The number of hydrogen-bond donors (Lipinski definition) is 0. The standard InChI is InChI=1S/Mn.2NO3.O.Pb/c;2*2-1(3)4;;/q+2;2*-1;;. The Hall–Kier alpha value is -0.358. The zero-order valence-electron chi connectivity index (χ0n) is 4.63. The van der Waals surface area contributed by atoms with Crippen LogP contribution in [0.3, 0.4) is 0 Å². The minimum atomic E-state index is -1.75. The first-order valence-corrected chi connectivity index (χ1v) is 2.89. The van der Waals surface area contributed by atoms with Gasteiger partial charge in [0.1, 0.15) is 0 Å². The summed E-state index contributed by atoms with van der Waals surface area (Å²) in [7, 11) is 0. The molecule has 0 aliphatic heterocycles. The van der Waals surface area contributed by atoms with Gasteiger partial charge in [0.15, 0.2) is 0 Å². The summed E-state index contributed by atoms with van der Waals surface area (Å²) in [5.74, 6) is 0. The van der Waals surface area contributed by atoms with Gasteiger partial charge in [0.05, 0.1) is 10.2 Å². The third-order valence-electron chi connectivity index (χ3n) is 0. The molecule has 11 heteroatoms. The van der Waals surface area contributed by atoms with Gasteiger partial charge in [-0.3, -0.25) is 0 Å². The zero-order valence-corrected chi connectivity index (χ0v) is 9.70. The first kappa shape index (κ1) is 22.4. The summed E-state index contributed by atoms with van der Waals surface area (Å²) in [5.41, 5.74) is 0. The van der Waals surface area contributed by atoms with Crippen LogP contribution in [0.25, 0.3) is 0 Å². The van der Waals surface area contributed by atoms with Crippen molar-refractivity contribution in [3.8, 4) is 0 Å². The second-order valence-corrected chi connectivity index (χ2v) is 0.447. The van der Waals surface area contributed by atoms with E-state index in [1.807, 2.05) is 0 Å². The van der Waals surface area contributed by atoms with Crippen molar-refractivity contribution in [1.29, 1.82) is 0 Å². The maximum absolute atomic E-state index is 8.39. The third kappa shape index (κ3) is 4380. The quantitative estimate of drug-likeness (QED) is 0.287. The Labute approximate surface area is 86.2 Å². The molecule has 0 amide bonds. The van der Waals surface area contributed by atoms with Crippen LogP contribution in [0, 0.1) is 30.6 Å². The van der Waals surface area contributed by atoms with E-state index in [-0.39, 0.29) is 42.8 Å². The van der Waals surface area contributed by atoms with E-state index in [0.717, 1.165) is 0 Å². The van der Waals surface area contributed by atoms with Gasteiger partial charge in [-0.05, 0) is 0 Å². The second-order valence-electron chi connectivity index (χ2n) is 0.447. The molecule has 0 atom stereocenters. The molecule has 0 aromatic rings. The fraction of sp³-hybridized carbons (Fsp3) is 0. The molecule has 0 spiro atoms. The fourth-order valence-corrected chi connectivity index (χ4v) is 0. The Balaban J connectivity index is -0.0000000339. The van der Waals surface area contributed by atoms with Crippen LogP contribution in [0.15, 0.2) is 0 Å². The van der Waals surface area contributed by atoms with Gasteiger partial charge in [-0.1, -0.05) is 0 Å². The Kier molecular flexibility index (Phi) is 46.1. The predicted octanol–water partition coefficient (Wildman–Crippen LogP) is -0.980. The van der Waals surface area contributed by atoms with Crippen LogP contribution in [-0.2, 0) is 19.8 Å². The van der Waals surface area contributed by atoms with E-state index in [2.05, 4.69) is 0 Å². The van der Waals surface area contributed by atoms with Crippen LogP contribution in [-0.4, -0.2) is 36.0 Å². The van der Waals surface area contributed by atoms with Crippen molar-refractivity contribution >= 4 is 25.8 Å². The van der Waals surface area contributed by atoms with E-state index in [9.17, 15) is 0 Å². The number of nitrogens with zero attached hydrogens (tertiary/aromatic N) is 2. The van der Waals surface area contributed by atoms with Crippen LogP contribution < -0.4 is 0 Å². The Morgan fingerprint density at radius 1 is 0.818 bits per heavy atom. The van der Waals surface area contributed by atoms with E-state index in [1.165, 1.54) is 0 Å². The van der Waals surface area contributed by atoms with Gasteiger partial charge in [-0.25, -0.2) is 0 Å². The summed E-state index contributed by atoms with van der Waals surface area (Å²) in [6.07, 6.45) is 0. The molecule has 0 aromatic carbocycles. The molecular formula is MnN2O7Pb. The van der Waals surface area contributed by atoms with Crippen molar-refractivity contribution in [2.75, 3.05) is 0 Å². The molecule has 0 aliphatic rings. The molecule has 0 aromatic heterocycles. The van der Waals surface area contributed by atoms with Crippen molar-refractivity contribution in [3.05, 3.63) is 30.6 Å². The van der Waals surface area contributed by atoms with Crippen molar-refractivity contribution < 1.29 is 29.9 Å². The molecule has 0 bridgehead atoms. The van der Waals surface area contributed by atoms with Gasteiger partial charge in [-0.15, -0.1) is 0 Å². The fourth-order valence-electron chi connectivity index (χ4n) is 0. The van der Waals surface area contributed by atoms with Crippen molar-refractivity contribution in [3.63, 3.8) is 0 Å². The average Bonchev–Trinajstić information content (AvgIpc) is 1.66. The van der Waals surface area contributed by atoms with E-state index in [1.54, 1.807) is 0 Å². The molecule has 0 rings (SSSR count). The van der Waals surface area contributed by atoms with E-state index >= 15 is 0 Å². The SMILES string of the molecule is O=[N+]([O-])[O-].O=[N+]([O-])[O-].[Mn+2].[O]=[Pb]. The molecule has 9 nitrogen and oxygen atoms in total. The summed E-state index contributed by atoms with van der Waals surface area (Å²) in [6.45, 7) is 0. The van der Waals surface area contributed by atoms with Gasteiger partial charge in [0, 0.05) is 0 Å². The Morgan fingerprint density at radius 2 is 0.818 bits per heavy atom. The minimum absolute atomic E-state index is 0. The molecule has 0 aliphatic carbocycles. The number of rotatable bonds is 0. The van der Waals surface area contributed by atoms with Crippen molar-refractivity contribution in [1.82, 2.24) is 0 Å². The summed E-state index contributed by atoms with van der Waals surface area (Å²) < 4.78 is 8.39. The second kappa shape index (κ2) is 22.6. The van der Waals surface area contributed by atoms with E-state index in [0.29, 0.717) is 0 Å². The summed E-state index contributed by atoms with van der Waals surface area (Å²) in [4.78, 5) is 16.5. The van der Waals surface area contributed by atoms with Gasteiger partial charge in [0.2, 0.25) is 0 Å². The molecule has 3 radical (unpaired) electrons. The van der Waals surface area contributed by atoms with E-state index < -0.39 is 10.2 Å². The van der Waals surface area contributed by atoms with Crippen molar-refractivity contribution in [2.45, 2.75) is 0 Å². The van der Waals surface area contributed by atoms with Gasteiger partial charge in [-0.2, -0.15) is 0 Å². The van der Waals surface area contributed by atoms with Crippen LogP contribution in [0.4, 0.5) is 0 Å². The first-order chi connectivity index (χ1) is 4.46. The monoisotopic (exact) mass is 403 g/mol. The topological polar surface area (TPSA) is 149 Å². The maximum atomic E-state index is 8.39. The van der Waals surface area contributed by atoms with Crippen LogP contribution in [0.1, 0.15) is 0 Å². The van der Waals surface area contributed by atoms with Gasteiger partial charge < -0.3 is 30.6 Å². The molecule has 0 fully saturated rings. The Bertz CT molecular complexity index is 84.6. The number of hydrogen-bond acceptors (Lipinski definition) is 7. The average molecular weight is 402 g/mol. The van der Waals surface area contributed by atoms with E-state index in [4.69, 9.17) is 33.3 Å². The van der Waals surface area contributed by atoms with Crippen molar-refractivity contribution in [2.24, 2.45) is 0 Å². The normalized spacial score (nSPS) is 4.73. The molecule has 11 heavy (non-hydrogen) atoms. The van der Waals surface area contributed by atoms with Gasteiger partial charge in [0.25, 0.3) is 0 Å². The molecule has 0 heterocycles. The molecular weight excluding hydrogens is 402 g/mol. The van der Waals surface area contributed by atoms with Crippen LogP contribution in [0.5, 0.6) is 0 Å². The molecule has 0 saturated heterocycles. The van der Waals surface area contributed by atoms with Crippen LogP contribution in [0.2, 0.25) is 0 Å². The summed E-state index contributed by atoms with van der Waals surface area (Å²) in [5, 5.41) is 29.5. The molecule has 0 unspecified atom stereocenters. The summed E-state index contributed by atoms with van der Waals surface area (Å²) >= 11 is 0.0556. The molecule has 63 valence electrons. The summed E-state index contributed by atoms with van der Waals surface area (Å²) in [6, 6.07) is 0. The molecule has 0 saturated carbocycles. The Morgan fingerprint density at radius 3 is 0.818 bits per heavy atom. The first-order valence-electron chi connectivity index (χ1n) is 1.30. The zero-order chi connectivity index (χ0) is 9.15. The van der Waals surface area contributed by atoms with Gasteiger partial charge >= 0.3 is 45.5 Å². The molecule has 0 N–H and O–H groups in total. The third-order valence-corrected chi connectivity index (χ3v) is 0. The predicted molar refractivity (Wildman–Crippen MR) is 27.2 cm³/mol.